The van der Waals surface area contributed by atoms with Crippen LogP contribution in [-0.2, 0) is 11.2 Å². The van der Waals surface area contributed by atoms with Gasteiger partial charge < -0.3 is 14.6 Å². The summed E-state index contributed by atoms with van der Waals surface area (Å²) >= 11 is 0. The van der Waals surface area contributed by atoms with E-state index in [0.717, 1.165) is 11.6 Å². The molecule has 0 bridgehead atoms. The highest BCUT2D eigenvalue weighted by molar-refractivity contribution is 5.68. The number of rotatable bonds is 4. The molecule has 1 N–H and O–H groups in total. The maximum Gasteiger partial charge on any atom is 0.304 e. The van der Waals surface area contributed by atoms with Crippen molar-refractivity contribution in [2.45, 2.75) is 31.3 Å². The van der Waals surface area contributed by atoms with E-state index < -0.39 is 17.6 Å². The van der Waals surface area contributed by atoms with E-state index >= 15 is 0 Å². The highest BCUT2D eigenvalue weighted by Gasteiger charge is 2.30. The lowest BCUT2D eigenvalue weighted by Gasteiger charge is -2.16. The van der Waals surface area contributed by atoms with E-state index in [1.165, 1.54) is 0 Å². The molecular weight excluding hydrogens is 330 g/mol. The van der Waals surface area contributed by atoms with Gasteiger partial charge in [0.2, 0.25) is 0 Å². The zero-order chi connectivity index (χ0) is 17.6. The van der Waals surface area contributed by atoms with Crippen molar-refractivity contribution in [3.8, 4) is 11.5 Å². The first kappa shape index (κ1) is 15.9. The normalized spacial score (nSPS) is 20.7. The van der Waals surface area contributed by atoms with Crippen LogP contribution in [0.3, 0.4) is 0 Å². The molecule has 0 saturated carbocycles. The van der Waals surface area contributed by atoms with Crippen LogP contribution in [0.4, 0.5) is 8.78 Å². The van der Waals surface area contributed by atoms with Crippen molar-refractivity contribution in [1.82, 2.24) is 0 Å². The average molecular weight is 346 g/mol. The van der Waals surface area contributed by atoms with E-state index in [1.54, 1.807) is 18.2 Å². The monoisotopic (exact) mass is 346 g/mol. The lowest BCUT2D eigenvalue weighted by molar-refractivity contribution is -0.137. The van der Waals surface area contributed by atoms with Gasteiger partial charge in [0.1, 0.15) is 17.6 Å². The Morgan fingerprint density at radius 1 is 1.24 bits per heavy atom. The third-order valence-electron chi connectivity index (χ3n) is 4.80. The first-order chi connectivity index (χ1) is 12.0. The number of ether oxygens (including phenoxy) is 2. The van der Waals surface area contributed by atoms with Gasteiger partial charge in [0.25, 0.3) is 0 Å². The number of carboxylic acids is 1. The molecule has 1 heterocycles. The second-order valence-electron chi connectivity index (χ2n) is 6.38. The van der Waals surface area contributed by atoms with Gasteiger partial charge in [0, 0.05) is 17.5 Å². The zero-order valence-corrected chi connectivity index (χ0v) is 13.3. The van der Waals surface area contributed by atoms with Gasteiger partial charge in [-0.1, -0.05) is 12.1 Å². The van der Waals surface area contributed by atoms with Gasteiger partial charge in [0.05, 0.1) is 13.0 Å². The molecule has 0 spiro atoms. The molecule has 2 aromatic rings. The minimum absolute atomic E-state index is 0.0219. The Hall–Kier alpha value is -2.63. The fourth-order valence-electron chi connectivity index (χ4n) is 3.59. The molecule has 0 unspecified atom stereocenters. The first-order valence-electron chi connectivity index (χ1n) is 8.15. The highest BCUT2D eigenvalue weighted by Crippen LogP contribution is 2.41. The molecule has 0 saturated heterocycles. The molecular formula is C19H16F2O4. The fraction of sp³-hybridized carbons (Fsp3) is 0.316. The van der Waals surface area contributed by atoms with Crippen LogP contribution in [0, 0.1) is 11.6 Å². The standard InChI is InChI=1S/C19H16F2O4/c20-15-5-3-13-14(19(15)21)4-6-16(13)25-11-1-2-12-10(7-18(22)23)9-24-17(12)8-11/h1-3,5,8,10,16H,4,6-7,9H2,(H,22,23)/t10-,16-/m1/s1. The van der Waals surface area contributed by atoms with Crippen molar-refractivity contribution < 1.29 is 28.2 Å². The Labute approximate surface area is 143 Å². The highest BCUT2D eigenvalue weighted by atomic mass is 19.2. The maximum atomic E-state index is 13.8. The number of carboxylic acid groups (broad SMARTS) is 1. The lowest BCUT2D eigenvalue weighted by Crippen LogP contribution is -2.07. The summed E-state index contributed by atoms with van der Waals surface area (Å²) in [6, 6.07) is 8.00. The van der Waals surface area contributed by atoms with Crippen molar-refractivity contribution in [3.05, 3.63) is 58.7 Å². The van der Waals surface area contributed by atoms with Gasteiger partial charge >= 0.3 is 5.97 Å². The van der Waals surface area contributed by atoms with Gasteiger partial charge in [-0.3, -0.25) is 4.79 Å². The Morgan fingerprint density at radius 2 is 2.04 bits per heavy atom. The van der Waals surface area contributed by atoms with Crippen LogP contribution in [0.2, 0.25) is 0 Å². The zero-order valence-electron chi connectivity index (χ0n) is 13.3. The second-order valence-corrected chi connectivity index (χ2v) is 6.38. The second kappa shape index (κ2) is 6.02. The molecule has 0 radical (unpaired) electrons. The van der Waals surface area contributed by atoms with Gasteiger partial charge in [-0.15, -0.1) is 0 Å². The molecule has 0 amide bonds. The molecule has 2 aliphatic rings. The van der Waals surface area contributed by atoms with Gasteiger partial charge in [0.15, 0.2) is 11.6 Å². The Morgan fingerprint density at radius 3 is 2.84 bits per heavy atom. The minimum atomic E-state index is -0.862. The number of hydrogen-bond acceptors (Lipinski definition) is 3. The fourth-order valence-corrected chi connectivity index (χ4v) is 3.59. The Kier molecular flexibility index (Phi) is 3.82. The van der Waals surface area contributed by atoms with Crippen molar-refractivity contribution in [1.29, 1.82) is 0 Å². The summed E-state index contributed by atoms with van der Waals surface area (Å²) in [4.78, 5) is 10.9. The van der Waals surface area contributed by atoms with E-state index in [2.05, 4.69) is 0 Å². The number of fused-ring (bicyclic) bond motifs is 2. The molecule has 25 heavy (non-hydrogen) atoms. The molecule has 2 atom stereocenters. The van der Waals surface area contributed by atoms with E-state index in [9.17, 15) is 13.6 Å². The first-order valence-corrected chi connectivity index (χ1v) is 8.15. The van der Waals surface area contributed by atoms with Gasteiger partial charge in [-0.2, -0.15) is 0 Å². The van der Waals surface area contributed by atoms with Crippen LogP contribution >= 0.6 is 0 Å². The summed E-state index contributed by atoms with van der Waals surface area (Å²) in [5.41, 5.74) is 1.91. The van der Waals surface area contributed by atoms with Crippen molar-refractivity contribution in [2.75, 3.05) is 6.61 Å². The predicted molar refractivity (Wildman–Crippen MR) is 85.0 cm³/mol. The summed E-state index contributed by atoms with van der Waals surface area (Å²) < 4.78 is 38.7. The molecule has 0 aromatic heterocycles. The quantitative estimate of drug-likeness (QED) is 0.910. The molecule has 4 rings (SSSR count). The summed E-state index contributed by atoms with van der Waals surface area (Å²) in [5.74, 6) is -1.47. The van der Waals surface area contributed by atoms with Crippen LogP contribution in [0.5, 0.6) is 11.5 Å². The molecule has 6 heteroatoms. The maximum absolute atomic E-state index is 13.8. The molecule has 1 aliphatic carbocycles. The van der Waals surface area contributed by atoms with Gasteiger partial charge in [-0.05, 0) is 36.1 Å². The van der Waals surface area contributed by atoms with E-state index in [1.807, 2.05) is 6.07 Å². The van der Waals surface area contributed by atoms with E-state index in [0.29, 0.717) is 42.1 Å². The molecule has 4 nitrogen and oxygen atoms in total. The van der Waals surface area contributed by atoms with E-state index in [-0.39, 0.29) is 18.4 Å². The Balaban J connectivity index is 1.54. The summed E-state index contributed by atoms with van der Waals surface area (Å²) in [6.45, 7) is 0.335. The molecule has 0 fully saturated rings. The Bertz CT molecular complexity index is 850. The van der Waals surface area contributed by atoms with Crippen molar-refractivity contribution >= 4 is 5.97 Å². The van der Waals surface area contributed by atoms with Crippen molar-refractivity contribution in [3.63, 3.8) is 0 Å². The molecule has 130 valence electrons. The van der Waals surface area contributed by atoms with Crippen LogP contribution < -0.4 is 9.47 Å². The number of halogens is 2. The van der Waals surface area contributed by atoms with Crippen LogP contribution in [-0.4, -0.2) is 17.7 Å². The molecule has 2 aromatic carbocycles. The van der Waals surface area contributed by atoms with Crippen molar-refractivity contribution in [2.24, 2.45) is 0 Å². The summed E-state index contributed by atoms with van der Waals surface area (Å²) in [6.07, 6.45) is 0.703. The third kappa shape index (κ3) is 2.81. The minimum Gasteiger partial charge on any atom is -0.492 e. The molecule has 1 aliphatic heterocycles. The predicted octanol–water partition coefficient (Wildman–Crippen LogP) is 3.98. The van der Waals surface area contributed by atoms with Crippen LogP contribution in [0.1, 0.15) is 41.6 Å². The van der Waals surface area contributed by atoms with Crippen LogP contribution in [0.25, 0.3) is 0 Å². The lowest BCUT2D eigenvalue weighted by atomic mass is 9.98. The topological polar surface area (TPSA) is 55.8 Å². The average Bonchev–Trinajstić information content (AvgIpc) is 3.15. The number of carbonyl (C=O) groups is 1. The SMILES string of the molecule is O=C(O)C[C@@H]1COc2cc(O[C@@H]3CCc4c3ccc(F)c4F)ccc21. The third-order valence-corrected chi connectivity index (χ3v) is 4.80. The largest absolute Gasteiger partial charge is 0.492 e. The summed E-state index contributed by atoms with van der Waals surface area (Å²) in [7, 11) is 0. The number of aliphatic carboxylic acids is 1. The smallest absolute Gasteiger partial charge is 0.304 e. The number of benzene rings is 2. The summed E-state index contributed by atoms with van der Waals surface area (Å²) in [5, 5.41) is 8.94. The van der Waals surface area contributed by atoms with E-state index in [4.69, 9.17) is 14.6 Å². The van der Waals surface area contributed by atoms with Crippen LogP contribution in [0.15, 0.2) is 30.3 Å². The number of hydrogen-bond donors (Lipinski definition) is 1. The van der Waals surface area contributed by atoms with Gasteiger partial charge in [-0.25, -0.2) is 8.78 Å².